The van der Waals surface area contributed by atoms with Crippen molar-refractivity contribution in [3.63, 3.8) is 0 Å². The maximum Gasteiger partial charge on any atom is 0.267 e. The number of benzene rings is 2. The number of ether oxygens (including phenoxy) is 1. The second-order valence-electron chi connectivity index (χ2n) is 5.44. The van der Waals surface area contributed by atoms with E-state index in [4.69, 9.17) is 4.74 Å². The van der Waals surface area contributed by atoms with Crippen LogP contribution in [0.15, 0.2) is 60.3 Å². The van der Waals surface area contributed by atoms with Gasteiger partial charge in [-0.25, -0.2) is 0 Å². The first-order valence-electron chi connectivity index (χ1n) is 7.63. The van der Waals surface area contributed by atoms with Crippen molar-refractivity contribution < 1.29 is 9.53 Å². The van der Waals surface area contributed by atoms with E-state index in [2.05, 4.69) is 10.6 Å². The van der Waals surface area contributed by atoms with Crippen molar-refractivity contribution in [3.8, 4) is 11.8 Å². The number of amides is 1. The van der Waals surface area contributed by atoms with E-state index in [1.807, 2.05) is 49.3 Å². The van der Waals surface area contributed by atoms with Gasteiger partial charge in [-0.1, -0.05) is 6.07 Å². The summed E-state index contributed by atoms with van der Waals surface area (Å²) in [6.07, 6.45) is 1.40. The van der Waals surface area contributed by atoms with Crippen molar-refractivity contribution in [2.75, 3.05) is 36.7 Å². The third kappa shape index (κ3) is 5.01. The topological polar surface area (TPSA) is 77.4 Å². The lowest BCUT2D eigenvalue weighted by molar-refractivity contribution is -0.112. The molecule has 0 aliphatic heterocycles. The minimum Gasteiger partial charge on any atom is -0.497 e. The first-order valence-corrected chi connectivity index (χ1v) is 7.63. The third-order valence-electron chi connectivity index (χ3n) is 3.46. The number of carbonyl (C=O) groups is 1. The van der Waals surface area contributed by atoms with Gasteiger partial charge in [0.15, 0.2) is 0 Å². The molecule has 2 rings (SSSR count). The summed E-state index contributed by atoms with van der Waals surface area (Å²) in [4.78, 5) is 14.2. The van der Waals surface area contributed by atoms with Gasteiger partial charge < -0.3 is 20.3 Å². The molecular weight excluding hydrogens is 316 g/mol. The molecule has 0 saturated heterocycles. The normalized spacial score (nSPS) is 10.6. The molecule has 0 aliphatic rings. The molecule has 0 fully saturated rings. The van der Waals surface area contributed by atoms with Gasteiger partial charge in [0.1, 0.15) is 17.4 Å². The molecule has 0 atom stereocenters. The van der Waals surface area contributed by atoms with Crippen LogP contribution in [0, 0.1) is 11.3 Å². The van der Waals surface area contributed by atoms with Crippen LogP contribution in [0.5, 0.6) is 5.75 Å². The molecule has 6 nitrogen and oxygen atoms in total. The van der Waals surface area contributed by atoms with Crippen molar-refractivity contribution in [2.24, 2.45) is 0 Å². The van der Waals surface area contributed by atoms with Gasteiger partial charge in [0.05, 0.1) is 7.11 Å². The summed E-state index contributed by atoms with van der Waals surface area (Å²) in [5, 5.41) is 14.9. The van der Waals surface area contributed by atoms with Crippen LogP contribution in [0.25, 0.3) is 0 Å². The quantitative estimate of drug-likeness (QED) is 0.625. The summed E-state index contributed by atoms with van der Waals surface area (Å²) in [5.41, 5.74) is 2.36. The van der Waals surface area contributed by atoms with E-state index in [9.17, 15) is 10.1 Å². The molecule has 0 aliphatic carbocycles. The van der Waals surface area contributed by atoms with E-state index < -0.39 is 5.91 Å². The first kappa shape index (κ1) is 17.9. The molecule has 1 amide bonds. The Balaban J connectivity index is 2.07. The first-order chi connectivity index (χ1) is 12.0. The molecule has 0 saturated carbocycles. The van der Waals surface area contributed by atoms with Crippen LogP contribution >= 0.6 is 0 Å². The Labute approximate surface area is 147 Å². The Morgan fingerprint density at radius 1 is 1.16 bits per heavy atom. The standard InChI is InChI=1S/C19H20N4O2/c1-23(2)17-6-4-5-16(11-17)21-13-14(12-20)19(24)22-15-7-9-18(25-3)10-8-15/h4-11,13,21H,1-3H3,(H,22,24)/b14-13-. The highest BCUT2D eigenvalue weighted by atomic mass is 16.5. The fraction of sp³-hybridized carbons (Fsp3) is 0.158. The predicted molar refractivity (Wildman–Crippen MR) is 99.7 cm³/mol. The Morgan fingerprint density at radius 2 is 1.88 bits per heavy atom. The molecule has 2 aromatic rings. The van der Waals surface area contributed by atoms with Gasteiger partial charge in [0.25, 0.3) is 5.91 Å². The number of nitrogens with one attached hydrogen (secondary N) is 2. The Bertz CT molecular complexity index is 805. The Hall–Kier alpha value is -3.46. The van der Waals surface area contributed by atoms with E-state index >= 15 is 0 Å². The monoisotopic (exact) mass is 336 g/mol. The van der Waals surface area contributed by atoms with Crippen LogP contribution in [0.3, 0.4) is 0 Å². The lowest BCUT2D eigenvalue weighted by atomic mass is 10.2. The highest BCUT2D eigenvalue weighted by Gasteiger charge is 2.09. The minimum absolute atomic E-state index is 0.0222. The Morgan fingerprint density at radius 3 is 2.48 bits per heavy atom. The number of nitrogens with zero attached hydrogens (tertiary/aromatic N) is 2. The molecule has 2 aromatic carbocycles. The summed E-state index contributed by atoms with van der Waals surface area (Å²) >= 11 is 0. The number of hydrogen-bond donors (Lipinski definition) is 2. The van der Waals surface area contributed by atoms with Gasteiger partial charge in [0, 0.05) is 37.4 Å². The van der Waals surface area contributed by atoms with E-state index in [0.717, 1.165) is 11.4 Å². The van der Waals surface area contributed by atoms with Gasteiger partial charge in [-0.3, -0.25) is 4.79 Å². The minimum atomic E-state index is -0.482. The fourth-order valence-corrected chi connectivity index (χ4v) is 2.05. The zero-order valence-electron chi connectivity index (χ0n) is 14.4. The van der Waals surface area contributed by atoms with E-state index in [1.54, 1.807) is 31.4 Å². The lowest BCUT2D eigenvalue weighted by Crippen LogP contribution is -2.14. The smallest absolute Gasteiger partial charge is 0.267 e. The largest absolute Gasteiger partial charge is 0.497 e. The molecule has 0 unspecified atom stereocenters. The van der Waals surface area contributed by atoms with Crippen molar-refractivity contribution in [1.29, 1.82) is 5.26 Å². The molecular formula is C19H20N4O2. The van der Waals surface area contributed by atoms with Crippen molar-refractivity contribution >= 4 is 23.0 Å². The highest BCUT2D eigenvalue weighted by molar-refractivity contribution is 6.06. The third-order valence-corrected chi connectivity index (χ3v) is 3.46. The van der Waals surface area contributed by atoms with Crippen LogP contribution in [0.1, 0.15) is 0 Å². The maximum atomic E-state index is 12.2. The van der Waals surface area contributed by atoms with Crippen LogP contribution in [0.2, 0.25) is 0 Å². The number of carbonyl (C=O) groups excluding carboxylic acids is 1. The average molecular weight is 336 g/mol. The molecule has 0 aromatic heterocycles. The highest BCUT2D eigenvalue weighted by Crippen LogP contribution is 2.18. The molecule has 2 N–H and O–H groups in total. The molecule has 0 radical (unpaired) electrons. The van der Waals surface area contributed by atoms with E-state index in [0.29, 0.717) is 11.4 Å². The summed E-state index contributed by atoms with van der Waals surface area (Å²) in [7, 11) is 5.46. The zero-order chi connectivity index (χ0) is 18.2. The van der Waals surface area contributed by atoms with Crippen molar-refractivity contribution in [2.45, 2.75) is 0 Å². The average Bonchev–Trinajstić information content (AvgIpc) is 2.63. The summed E-state index contributed by atoms with van der Waals surface area (Å²) in [6, 6.07) is 16.4. The van der Waals surface area contributed by atoms with Crippen LogP contribution in [-0.4, -0.2) is 27.1 Å². The number of methoxy groups -OCH3 is 1. The molecule has 0 bridgehead atoms. The van der Waals surface area contributed by atoms with Crippen LogP contribution in [-0.2, 0) is 4.79 Å². The van der Waals surface area contributed by atoms with Crippen molar-refractivity contribution in [3.05, 3.63) is 60.3 Å². The lowest BCUT2D eigenvalue weighted by Gasteiger charge is -2.13. The number of hydrogen-bond acceptors (Lipinski definition) is 5. The van der Waals surface area contributed by atoms with Gasteiger partial charge in [-0.2, -0.15) is 5.26 Å². The van der Waals surface area contributed by atoms with Crippen LogP contribution in [0.4, 0.5) is 17.1 Å². The predicted octanol–water partition coefficient (Wildman–Crippen LogP) is 3.22. The summed E-state index contributed by atoms with van der Waals surface area (Å²) in [6.45, 7) is 0. The van der Waals surface area contributed by atoms with E-state index in [1.165, 1.54) is 6.20 Å². The maximum absolute atomic E-state index is 12.2. The molecule has 6 heteroatoms. The van der Waals surface area contributed by atoms with Gasteiger partial charge in [-0.15, -0.1) is 0 Å². The molecule has 0 spiro atoms. The number of rotatable bonds is 6. The number of nitriles is 1. The number of anilines is 3. The van der Waals surface area contributed by atoms with Gasteiger partial charge in [-0.05, 0) is 42.5 Å². The van der Waals surface area contributed by atoms with Gasteiger partial charge in [0.2, 0.25) is 0 Å². The second-order valence-corrected chi connectivity index (χ2v) is 5.44. The Kier molecular flexibility index (Phi) is 6.02. The fourth-order valence-electron chi connectivity index (χ4n) is 2.05. The molecule has 0 heterocycles. The SMILES string of the molecule is COc1ccc(NC(=O)/C(C#N)=C\Nc2cccc(N(C)C)c2)cc1. The second kappa shape index (κ2) is 8.41. The van der Waals surface area contributed by atoms with Crippen LogP contribution < -0.4 is 20.3 Å². The zero-order valence-corrected chi connectivity index (χ0v) is 14.4. The molecule has 128 valence electrons. The van der Waals surface area contributed by atoms with Crippen molar-refractivity contribution in [1.82, 2.24) is 0 Å². The van der Waals surface area contributed by atoms with E-state index in [-0.39, 0.29) is 5.57 Å². The van der Waals surface area contributed by atoms with Gasteiger partial charge >= 0.3 is 0 Å². The molecule has 25 heavy (non-hydrogen) atoms. The summed E-state index contributed by atoms with van der Waals surface area (Å²) in [5.74, 6) is 0.209. The summed E-state index contributed by atoms with van der Waals surface area (Å²) < 4.78 is 5.07.